The highest BCUT2D eigenvalue weighted by Gasteiger charge is 2.45. The van der Waals surface area contributed by atoms with E-state index in [1.54, 1.807) is 6.92 Å². The number of hydrogen-bond acceptors (Lipinski definition) is 4. The Balaban J connectivity index is 1.43. The Morgan fingerprint density at radius 2 is 1.79 bits per heavy atom. The third-order valence-corrected chi connectivity index (χ3v) is 7.45. The molecule has 3 unspecified atom stereocenters. The number of carbonyl (C=O) groups is 1. The van der Waals surface area contributed by atoms with Gasteiger partial charge in [0.2, 0.25) is 0 Å². The lowest BCUT2D eigenvalue weighted by atomic mass is 9.80. The SMILES string of the molecule is CCOC1CC(c2ccccc2)OC2(CCN(C(=O)c3ccc(C(C)(O)CC)cc3)CC2)C1. The molecule has 2 fully saturated rings. The van der Waals surface area contributed by atoms with Crippen LogP contribution in [-0.2, 0) is 15.1 Å². The van der Waals surface area contributed by atoms with Crippen LogP contribution < -0.4 is 0 Å². The lowest BCUT2D eigenvalue weighted by Gasteiger charge is -2.48. The lowest BCUT2D eigenvalue weighted by molar-refractivity contribution is -0.190. The predicted octanol–water partition coefficient (Wildman–Crippen LogP) is 5.24. The van der Waals surface area contributed by atoms with Crippen LogP contribution in [0.5, 0.6) is 0 Å². The Hall–Kier alpha value is -2.21. The summed E-state index contributed by atoms with van der Waals surface area (Å²) >= 11 is 0. The maximum Gasteiger partial charge on any atom is 0.253 e. The first-order chi connectivity index (χ1) is 15.9. The average Bonchev–Trinajstić information content (AvgIpc) is 2.85. The number of carbonyl (C=O) groups excluding carboxylic acids is 1. The van der Waals surface area contributed by atoms with Crippen molar-refractivity contribution in [3.63, 3.8) is 0 Å². The van der Waals surface area contributed by atoms with Gasteiger partial charge in [0.15, 0.2) is 0 Å². The van der Waals surface area contributed by atoms with Gasteiger partial charge in [0.25, 0.3) is 5.91 Å². The fraction of sp³-hybridized carbons (Fsp3) is 0.536. The van der Waals surface area contributed by atoms with Crippen LogP contribution in [0.3, 0.4) is 0 Å². The second kappa shape index (κ2) is 9.96. The molecular weight excluding hydrogens is 414 g/mol. The molecule has 5 nitrogen and oxygen atoms in total. The molecule has 5 heteroatoms. The molecular formula is C28H37NO4. The first kappa shape index (κ1) is 23.9. The van der Waals surface area contributed by atoms with E-state index in [0.29, 0.717) is 31.7 Å². The maximum absolute atomic E-state index is 13.2. The highest BCUT2D eigenvalue weighted by molar-refractivity contribution is 5.94. The fourth-order valence-corrected chi connectivity index (χ4v) is 5.17. The molecule has 1 N–H and O–H groups in total. The van der Waals surface area contributed by atoms with E-state index in [-0.39, 0.29) is 23.7 Å². The van der Waals surface area contributed by atoms with Crippen molar-refractivity contribution >= 4 is 5.91 Å². The van der Waals surface area contributed by atoms with E-state index in [1.807, 2.05) is 49.1 Å². The molecule has 0 radical (unpaired) electrons. The molecule has 0 aromatic heterocycles. The molecule has 2 aliphatic heterocycles. The van der Waals surface area contributed by atoms with Gasteiger partial charge < -0.3 is 19.5 Å². The van der Waals surface area contributed by atoms with E-state index in [2.05, 4.69) is 24.3 Å². The summed E-state index contributed by atoms with van der Waals surface area (Å²) in [7, 11) is 0. The Labute approximate surface area is 197 Å². The van der Waals surface area contributed by atoms with Gasteiger partial charge in [-0.25, -0.2) is 0 Å². The van der Waals surface area contributed by atoms with Crippen molar-refractivity contribution < 1.29 is 19.4 Å². The zero-order valence-electron chi connectivity index (χ0n) is 20.1. The van der Waals surface area contributed by atoms with Gasteiger partial charge in [-0.1, -0.05) is 49.4 Å². The Kier molecular flexibility index (Phi) is 7.22. The third-order valence-electron chi connectivity index (χ3n) is 7.45. The summed E-state index contributed by atoms with van der Waals surface area (Å²) in [5.41, 5.74) is 1.58. The normalized spacial score (nSPS) is 24.4. The number of likely N-dealkylation sites (tertiary alicyclic amines) is 1. The van der Waals surface area contributed by atoms with E-state index in [9.17, 15) is 9.90 Å². The van der Waals surface area contributed by atoms with Gasteiger partial charge in [-0.3, -0.25) is 4.79 Å². The van der Waals surface area contributed by atoms with Crippen molar-refractivity contribution in [1.82, 2.24) is 4.90 Å². The number of nitrogens with zero attached hydrogens (tertiary/aromatic N) is 1. The molecule has 2 saturated heterocycles. The van der Waals surface area contributed by atoms with Gasteiger partial charge in [-0.2, -0.15) is 0 Å². The molecule has 0 saturated carbocycles. The van der Waals surface area contributed by atoms with Crippen molar-refractivity contribution in [3.05, 3.63) is 71.3 Å². The molecule has 3 atom stereocenters. The molecule has 0 bridgehead atoms. The van der Waals surface area contributed by atoms with Crippen LogP contribution in [0.4, 0.5) is 0 Å². The second-order valence-corrected chi connectivity index (χ2v) is 9.71. The van der Waals surface area contributed by atoms with Gasteiger partial charge >= 0.3 is 0 Å². The van der Waals surface area contributed by atoms with Gasteiger partial charge in [0.1, 0.15) is 0 Å². The minimum Gasteiger partial charge on any atom is -0.385 e. The summed E-state index contributed by atoms with van der Waals surface area (Å²) in [4.78, 5) is 15.1. The molecule has 1 spiro atoms. The molecule has 4 rings (SSSR count). The van der Waals surface area contributed by atoms with Crippen LogP contribution >= 0.6 is 0 Å². The number of aliphatic hydroxyl groups is 1. The Morgan fingerprint density at radius 1 is 1.12 bits per heavy atom. The molecule has 2 aromatic rings. The van der Waals surface area contributed by atoms with Crippen molar-refractivity contribution in [3.8, 4) is 0 Å². The summed E-state index contributed by atoms with van der Waals surface area (Å²) in [6.07, 6.45) is 4.21. The molecule has 0 aliphatic carbocycles. The Bertz CT molecular complexity index is 917. The predicted molar refractivity (Wildman–Crippen MR) is 129 cm³/mol. The van der Waals surface area contributed by atoms with E-state index in [4.69, 9.17) is 9.47 Å². The number of piperidine rings is 1. The monoisotopic (exact) mass is 451 g/mol. The smallest absolute Gasteiger partial charge is 0.253 e. The van der Waals surface area contributed by atoms with Crippen LogP contribution in [0.2, 0.25) is 0 Å². The van der Waals surface area contributed by atoms with Crippen LogP contribution in [0, 0.1) is 0 Å². The van der Waals surface area contributed by atoms with Gasteiger partial charge in [0.05, 0.1) is 23.4 Å². The van der Waals surface area contributed by atoms with Crippen LogP contribution in [0.15, 0.2) is 54.6 Å². The molecule has 2 aromatic carbocycles. The van der Waals surface area contributed by atoms with Crippen molar-refractivity contribution in [1.29, 1.82) is 0 Å². The first-order valence-corrected chi connectivity index (χ1v) is 12.3. The quantitative estimate of drug-likeness (QED) is 0.653. The van der Waals surface area contributed by atoms with Crippen molar-refractivity contribution in [2.75, 3.05) is 19.7 Å². The number of benzene rings is 2. The molecule has 178 valence electrons. The highest BCUT2D eigenvalue weighted by atomic mass is 16.5. The van der Waals surface area contributed by atoms with Gasteiger partial charge in [-0.15, -0.1) is 0 Å². The fourth-order valence-electron chi connectivity index (χ4n) is 5.17. The number of amides is 1. The van der Waals surface area contributed by atoms with E-state index < -0.39 is 5.60 Å². The summed E-state index contributed by atoms with van der Waals surface area (Å²) in [5.74, 6) is 0.0457. The average molecular weight is 452 g/mol. The molecule has 2 aliphatic rings. The number of hydrogen-bond donors (Lipinski definition) is 1. The summed E-state index contributed by atoms with van der Waals surface area (Å²) in [6, 6.07) is 17.8. The minimum absolute atomic E-state index is 0.0256. The van der Waals surface area contributed by atoms with Crippen LogP contribution in [0.1, 0.15) is 80.5 Å². The number of ether oxygens (including phenoxy) is 2. The van der Waals surface area contributed by atoms with E-state index >= 15 is 0 Å². The standard InChI is InChI=1S/C28H37NO4/c1-4-27(3,31)23-13-11-22(12-14-23)26(30)29-17-15-28(16-18-29)20-24(32-5-2)19-25(33-28)21-9-7-6-8-10-21/h6-14,24-25,31H,4-5,15-20H2,1-3H3. The number of rotatable bonds is 6. The highest BCUT2D eigenvalue weighted by Crippen LogP contribution is 2.44. The largest absolute Gasteiger partial charge is 0.385 e. The van der Waals surface area contributed by atoms with Crippen molar-refractivity contribution in [2.24, 2.45) is 0 Å². The van der Waals surface area contributed by atoms with Crippen LogP contribution in [-0.4, -0.2) is 47.3 Å². The molecule has 33 heavy (non-hydrogen) atoms. The minimum atomic E-state index is -0.871. The second-order valence-electron chi connectivity index (χ2n) is 9.71. The summed E-state index contributed by atoms with van der Waals surface area (Å²) in [6.45, 7) is 7.85. The van der Waals surface area contributed by atoms with Gasteiger partial charge in [-0.05, 0) is 56.4 Å². The third kappa shape index (κ3) is 5.32. The maximum atomic E-state index is 13.2. The molecule has 1 amide bonds. The zero-order chi connectivity index (χ0) is 23.5. The van der Waals surface area contributed by atoms with Gasteiger partial charge in [0, 0.05) is 38.1 Å². The Morgan fingerprint density at radius 3 is 2.39 bits per heavy atom. The lowest BCUT2D eigenvalue weighted by Crippen LogP contribution is -2.52. The first-order valence-electron chi connectivity index (χ1n) is 12.3. The van der Waals surface area contributed by atoms with Crippen molar-refractivity contribution in [2.45, 2.75) is 76.3 Å². The summed E-state index contributed by atoms with van der Waals surface area (Å²) in [5, 5.41) is 10.5. The topological polar surface area (TPSA) is 59.0 Å². The van der Waals surface area contributed by atoms with E-state index in [1.165, 1.54) is 5.56 Å². The zero-order valence-corrected chi connectivity index (χ0v) is 20.1. The van der Waals surface area contributed by atoms with Crippen LogP contribution in [0.25, 0.3) is 0 Å². The molecule has 2 heterocycles. The van der Waals surface area contributed by atoms with E-state index in [0.717, 1.165) is 31.2 Å². The summed E-state index contributed by atoms with van der Waals surface area (Å²) < 4.78 is 12.8.